The molecule has 2 aliphatic rings. The molecule has 8 heteroatoms. The fourth-order valence-electron chi connectivity index (χ4n) is 3.65. The van der Waals surface area contributed by atoms with Crippen LogP contribution >= 0.6 is 22.2 Å². The normalized spacial score (nSPS) is 18.7. The van der Waals surface area contributed by atoms with Crippen molar-refractivity contribution in [2.75, 3.05) is 38.2 Å². The second-order valence-electron chi connectivity index (χ2n) is 6.68. The topological polar surface area (TPSA) is 73.2 Å². The smallest absolute Gasteiger partial charge is 0.257 e. The van der Waals surface area contributed by atoms with Gasteiger partial charge in [-0.3, -0.25) is 13.9 Å². The third kappa shape index (κ3) is 3.24. The Morgan fingerprint density at radius 3 is 2.50 bits per heavy atom. The first kappa shape index (κ1) is 19.1. The van der Waals surface area contributed by atoms with Crippen molar-refractivity contribution in [2.45, 2.75) is 4.90 Å². The SMILES string of the molecule is COc1c(C(=O)N2CCN(c3ccccc3Cl)CC2)ccc2c1C=CS2(O)O. The second kappa shape index (κ2) is 7.33. The number of hydrogen-bond donors (Lipinski definition) is 2. The standard InChI is InChI=1S/C20H21ClN2O4S/c1-27-19-14-8-13-28(25,26)18(14)7-6-15(19)20(24)23-11-9-22(10-12-23)17-5-3-2-4-16(17)21/h2-8,13,25-26H,9-12H2,1H3. The van der Waals surface area contributed by atoms with Crippen molar-refractivity contribution in [1.82, 2.24) is 4.90 Å². The van der Waals surface area contributed by atoms with Crippen LogP contribution in [0.1, 0.15) is 15.9 Å². The van der Waals surface area contributed by atoms with E-state index in [0.717, 1.165) is 5.69 Å². The average Bonchev–Trinajstić information content (AvgIpc) is 3.02. The molecule has 0 aromatic heterocycles. The van der Waals surface area contributed by atoms with Gasteiger partial charge in [-0.1, -0.05) is 23.7 Å². The molecule has 0 unspecified atom stereocenters. The summed E-state index contributed by atoms with van der Waals surface area (Å²) < 4.78 is 25.6. The molecular weight excluding hydrogens is 400 g/mol. The molecule has 6 nitrogen and oxygen atoms in total. The summed E-state index contributed by atoms with van der Waals surface area (Å²) in [5, 5.41) is 2.06. The number of benzene rings is 2. The summed E-state index contributed by atoms with van der Waals surface area (Å²) in [6.07, 6.45) is 1.61. The van der Waals surface area contributed by atoms with Gasteiger partial charge in [0.25, 0.3) is 5.91 Å². The van der Waals surface area contributed by atoms with E-state index in [-0.39, 0.29) is 5.91 Å². The van der Waals surface area contributed by atoms with Gasteiger partial charge in [-0.25, -0.2) is 0 Å². The summed E-state index contributed by atoms with van der Waals surface area (Å²) in [7, 11) is -1.47. The molecule has 0 aliphatic carbocycles. The van der Waals surface area contributed by atoms with Crippen LogP contribution in [0.4, 0.5) is 5.69 Å². The Bertz CT molecular complexity index is 955. The molecule has 0 bridgehead atoms. The van der Waals surface area contributed by atoms with Gasteiger partial charge < -0.3 is 14.5 Å². The molecule has 0 radical (unpaired) electrons. The summed E-state index contributed by atoms with van der Waals surface area (Å²) in [5.74, 6) is 0.250. The van der Waals surface area contributed by atoms with Gasteiger partial charge in [0.2, 0.25) is 0 Å². The largest absolute Gasteiger partial charge is 0.495 e. The van der Waals surface area contributed by atoms with E-state index in [1.165, 1.54) is 12.5 Å². The van der Waals surface area contributed by atoms with Gasteiger partial charge >= 0.3 is 0 Å². The molecule has 148 valence electrons. The van der Waals surface area contributed by atoms with Crippen LogP contribution in [0.25, 0.3) is 6.08 Å². The predicted octanol–water partition coefficient (Wildman–Crippen LogP) is 4.40. The van der Waals surface area contributed by atoms with Crippen LogP contribution in [-0.2, 0) is 0 Å². The van der Waals surface area contributed by atoms with Crippen molar-refractivity contribution in [3.63, 3.8) is 0 Å². The van der Waals surface area contributed by atoms with Crippen molar-refractivity contribution in [2.24, 2.45) is 0 Å². The zero-order valence-electron chi connectivity index (χ0n) is 15.3. The fraction of sp³-hybridized carbons (Fsp3) is 0.250. The van der Waals surface area contributed by atoms with E-state index in [1.54, 1.807) is 23.1 Å². The predicted molar refractivity (Wildman–Crippen MR) is 113 cm³/mol. The monoisotopic (exact) mass is 420 g/mol. The molecule has 4 rings (SSSR count). The number of ether oxygens (including phenoxy) is 1. The highest BCUT2D eigenvalue weighted by Gasteiger charge is 2.30. The van der Waals surface area contributed by atoms with E-state index in [0.29, 0.717) is 53.0 Å². The van der Waals surface area contributed by atoms with Crippen LogP contribution in [0.5, 0.6) is 5.75 Å². The molecule has 2 aromatic rings. The van der Waals surface area contributed by atoms with Gasteiger partial charge in [0.15, 0.2) is 0 Å². The molecule has 2 aromatic carbocycles. The first-order valence-corrected chi connectivity index (χ1v) is 10.9. The van der Waals surface area contributed by atoms with E-state index in [1.807, 2.05) is 24.3 Å². The highest BCUT2D eigenvalue weighted by Crippen LogP contribution is 2.58. The molecule has 2 N–H and O–H groups in total. The lowest BCUT2D eigenvalue weighted by molar-refractivity contribution is 0.0743. The van der Waals surface area contributed by atoms with Crippen molar-refractivity contribution >= 4 is 39.9 Å². The number of rotatable bonds is 3. The molecule has 0 spiro atoms. The summed E-state index contributed by atoms with van der Waals surface area (Å²) in [6.45, 7) is 2.50. The Morgan fingerprint density at radius 1 is 1.11 bits per heavy atom. The van der Waals surface area contributed by atoms with E-state index < -0.39 is 10.6 Å². The Balaban J connectivity index is 1.54. The second-order valence-corrected chi connectivity index (χ2v) is 8.99. The molecule has 28 heavy (non-hydrogen) atoms. The minimum Gasteiger partial charge on any atom is -0.495 e. The number of anilines is 1. The number of piperazine rings is 1. The minimum absolute atomic E-state index is 0.129. The van der Waals surface area contributed by atoms with Crippen LogP contribution in [0.15, 0.2) is 46.7 Å². The van der Waals surface area contributed by atoms with Crippen molar-refractivity contribution in [1.29, 1.82) is 0 Å². The van der Waals surface area contributed by atoms with E-state index in [4.69, 9.17) is 16.3 Å². The highest BCUT2D eigenvalue weighted by molar-refractivity contribution is 8.27. The lowest BCUT2D eigenvalue weighted by atomic mass is 10.1. The summed E-state index contributed by atoms with van der Waals surface area (Å²) >= 11 is 6.29. The van der Waals surface area contributed by atoms with Gasteiger partial charge in [-0.15, -0.1) is 10.6 Å². The summed E-state index contributed by atoms with van der Waals surface area (Å²) in [4.78, 5) is 17.5. The third-order valence-corrected chi connectivity index (χ3v) is 6.94. The molecule has 1 amide bonds. The van der Waals surface area contributed by atoms with Gasteiger partial charge in [0.1, 0.15) is 5.75 Å². The van der Waals surface area contributed by atoms with E-state index in [9.17, 15) is 13.9 Å². The molecule has 1 fully saturated rings. The van der Waals surface area contributed by atoms with Crippen molar-refractivity contribution < 1.29 is 18.6 Å². The molecule has 2 aliphatic heterocycles. The van der Waals surface area contributed by atoms with Crippen LogP contribution in [-0.4, -0.2) is 53.2 Å². The lowest BCUT2D eigenvalue weighted by Crippen LogP contribution is -2.49. The number of carbonyl (C=O) groups is 1. The zero-order valence-corrected chi connectivity index (χ0v) is 16.9. The number of methoxy groups -OCH3 is 1. The number of halogens is 1. The zero-order chi connectivity index (χ0) is 19.9. The van der Waals surface area contributed by atoms with E-state index in [2.05, 4.69) is 4.90 Å². The number of para-hydroxylation sites is 1. The molecule has 2 heterocycles. The van der Waals surface area contributed by atoms with Crippen LogP contribution in [0.3, 0.4) is 0 Å². The molecule has 0 saturated carbocycles. The van der Waals surface area contributed by atoms with Crippen LogP contribution in [0, 0.1) is 0 Å². The van der Waals surface area contributed by atoms with Gasteiger partial charge in [-0.05, 0) is 30.3 Å². The Kier molecular flexibility index (Phi) is 5.01. The molecule has 1 saturated heterocycles. The van der Waals surface area contributed by atoms with Crippen molar-refractivity contribution in [3.8, 4) is 5.75 Å². The highest BCUT2D eigenvalue weighted by atomic mass is 35.5. The van der Waals surface area contributed by atoms with Gasteiger partial charge in [-0.2, -0.15) is 0 Å². The summed E-state index contributed by atoms with van der Waals surface area (Å²) in [5.41, 5.74) is 1.96. The average molecular weight is 421 g/mol. The summed E-state index contributed by atoms with van der Waals surface area (Å²) in [6, 6.07) is 10.9. The quantitative estimate of drug-likeness (QED) is 0.769. The van der Waals surface area contributed by atoms with Crippen molar-refractivity contribution in [3.05, 3.63) is 58.0 Å². The number of fused-ring (bicyclic) bond motifs is 1. The van der Waals surface area contributed by atoms with Gasteiger partial charge in [0.05, 0.1) is 28.3 Å². The number of carbonyl (C=O) groups excluding carboxylic acids is 1. The Hall–Kier alpha value is -2.19. The van der Waals surface area contributed by atoms with Crippen LogP contribution in [0.2, 0.25) is 5.02 Å². The Morgan fingerprint density at radius 2 is 1.82 bits per heavy atom. The number of nitrogens with zero attached hydrogens (tertiary/aromatic N) is 2. The third-order valence-electron chi connectivity index (χ3n) is 5.10. The number of amides is 1. The fourth-order valence-corrected chi connectivity index (χ4v) is 5.14. The first-order valence-electron chi connectivity index (χ1n) is 8.88. The molecule has 0 atom stereocenters. The maximum Gasteiger partial charge on any atom is 0.257 e. The minimum atomic E-state index is -2.95. The van der Waals surface area contributed by atoms with E-state index >= 15 is 0 Å². The maximum atomic E-state index is 13.1. The first-order chi connectivity index (χ1) is 13.4. The van der Waals surface area contributed by atoms with Gasteiger partial charge in [0, 0.05) is 37.2 Å². The van der Waals surface area contributed by atoms with Crippen LogP contribution < -0.4 is 9.64 Å². The molecular formula is C20H21ClN2O4S. The Labute approximate surface area is 170 Å². The maximum absolute atomic E-state index is 13.1. The lowest BCUT2D eigenvalue weighted by Gasteiger charge is -2.36. The number of hydrogen-bond acceptors (Lipinski definition) is 5.